The van der Waals surface area contributed by atoms with Gasteiger partial charge in [0.1, 0.15) is 5.82 Å². The maximum atomic E-state index is 13.0. The second-order valence-corrected chi connectivity index (χ2v) is 4.98. The van der Waals surface area contributed by atoms with Gasteiger partial charge in [-0.3, -0.25) is 0 Å². The molecule has 4 heteroatoms. The highest BCUT2D eigenvalue weighted by molar-refractivity contribution is 6.31. The zero-order chi connectivity index (χ0) is 11.6. The summed E-state index contributed by atoms with van der Waals surface area (Å²) >= 11 is 6.00. The molecule has 1 heterocycles. The van der Waals surface area contributed by atoms with Crippen LogP contribution in [0.4, 0.5) is 4.39 Å². The smallest absolute Gasteiger partial charge is 0.123 e. The number of nitrogens with one attached hydrogen (secondary N) is 2. The number of halogens is 2. The molecule has 1 unspecified atom stereocenters. The summed E-state index contributed by atoms with van der Waals surface area (Å²) in [6.07, 6.45) is 1.08. The second kappa shape index (κ2) is 4.70. The zero-order valence-corrected chi connectivity index (χ0v) is 10.1. The van der Waals surface area contributed by atoms with Gasteiger partial charge in [-0.05, 0) is 43.7 Å². The van der Waals surface area contributed by atoms with Crippen molar-refractivity contribution < 1.29 is 4.39 Å². The first kappa shape index (κ1) is 11.8. The van der Waals surface area contributed by atoms with E-state index in [2.05, 4.69) is 17.6 Å². The SMILES string of the molecule is CC1(NCc2cc(F)ccc2Cl)CCNC1. The van der Waals surface area contributed by atoms with E-state index in [1.807, 2.05) is 0 Å². The highest BCUT2D eigenvalue weighted by Crippen LogP contribution is 2.19. The Kier molecular flexibility index (Phi) is 3.47. The predicted octanol–water partition coefficient (Wildman–Crippen LogP) is 2.32. The fraction of sp³-hybridized carbons (Fsp3) is 0.500. The third-order valence-corrected chi connectivity index (χ3v) is 3.45. The predicted molar refractivity (Wildman–Crippen MR) is 64.1 cm³/mol. The van der Waals surface area contributed by atoms with E-state index in [1.54, 1.807) is 6.07 Å². The van der Waals surface area contributed by atoms with E-state index >= 15 is 0 Å². The molecule has 1 atom stereocenters. The van der Waals surface area contributed by atoms with E-state index < -0.39 is 0 Å². The summed E-state index contributed by atoms with van der Waals surface area (Å²) in [5.74, 6) is -0.240. The van der Waals surface area contributed by atoms with Gasteiger partial charge in [0.05, 0.1) is 0 Å². The molecule has 1 saturated heterocycles. The highest BCUT2D eigenvalue weighted by atomic mass is 35.5. The third kappa shape index (κ3) is 2.73. The van der Waals surface area contributed by atoms with E-state index in [9.17, 15) is 4.39 Å². The Hall–Kier alpha value is -0.640. The molecule has 0 bridgehead atoms. The van der Waals surface area contributed by atoms with Crippen LogP contribution in [0, 0.1) is 5.82 Å². The van der Waals surface area contributed by atoms with Crippen molar-refractivity contribution in [1.82, 2.24) is 10.6 Å². The normalized spacial score (nSPS) is 24.9. The minimum Gasteiger partial charge on any atom is -0.315 e. The Morgan fingerprint density at radius 3 is 3.06 bits per heavy atom. The van der Waals surface area contributed by atoms with Crippen LogP contribution in [-0.2, 0) is 6.54 Å². The number of hydrogen-bond acceptors (Lipinski definition) is 2. The van der Waals surface area contributed by atoms with E-state index in [4.69, 9.17) is 11.6 Å². The molecule has 0 spiro atoms. The Bertz CT molecular complexity index is 375. The first-order valence-electron chi connectivity index (χ1n) is 5.49. The van der Waals surface area contributed by atoms with Gasteiger partial charge in [0.25, 0.3) is 0 Å². The maximum absolute atomic E-state index is 13.0. The molecule has 0 amide bonds. The van der Waals surface area contributed by atoms with Crippen LogP contribution in [0.15, 0.2) is 18.2 Å². The van der Waals surface area contributed by atoms with Gasteiger partial charge in [0, 0.05) is 23.7 Å². The molecule has 2 rings (SSSR count). The summed E-state index contributed by atoms with van der Waals surface area (Å²) < 4.78 is 13.0. The molecular formula is C12H16ClFN2. The molecular weight excluding hydrogens is 227 g/mol. The molecule has 1 aromatic rings. The molecule has 2 nitrogen and oxygen atoms in total. The molecule has 0 aliphatic carbocycles. The van der Waals surface area contributed by atoms with Crippen molar-refractivity contribution in [3.8, 4) is 0 Å². The Morgan fingerprint density at radius 2 is 2.38 bits per heavy atom. The molecule has 0 saturated carbocycles. The van der Waals surface area contributed by atoms with Crippen molar-refractivity contribution in [3.63, 3.8) is 0 Å². The third-order valence-electron chi connectivity index (χ3n) is 3.08. The van der Waals surface area contributed by atoms with Gasteiger partial charge >= 0.3 is 0 Å². The molecule has 0 aromatic heterocycles. The summed E-state index contributed by atoms with van der Waals surface area (Å²) in [5.41, 5.74) is 0.908. The van der Waals surface area contributed by atoms with Crippen LogP contribution >= 0.6 is 11.6 Å². The molecule has 1 aliphatic heterocycles. The lowest BCUT2D eigenvalue weighted by atomic mass is 10.0. The quantitative estimate of drug-likeness (QED) is 0.850. The van der Waals surface area contributed by atoms with Crippen LogP contribution in [0.25, 0.3) is 0 Å². The van der Waals surface area contributed by atoms with E-state index in [-0.39, 0.29) is 11.4 Å². The van der Waals surface area contributed by atoms with Gasteiger partial charge in [0.2, 0.25) is 0 Å². The number of hydrogen-bond donors (Lipinski definition) is 2. The molecule has 1 fully saturated rings. The van der Waals surface area contributed by atoms with Gasteiger partial charge in [0.15, 0.2) is 0 Å². The number of rotatable bonds is 3. The minimum absolute atomic E-state index is 0.0929. The summed E-state index contributed by atoms with van der Waals surface area (Å²) in [4.78, 5) is 0. The number of benzene rings is 1. The van der Waals surface area contributed by atoms with Crippen LogP contribution in [0.5, 0.6) is 0 Å². The summed E-state index contributed by atoms with van der Waals surface area (Å²) in [7, 11) is 0. The standard InChI is InChI=1S/C12H16ClFN2/c1-12(4-5-15-8-12)16-7-9-6-10(14)2-3-11(9)13/h2-3,6,15-16H,4-5,7-8H2,1H3. The summed E-state index contributed by atoms with van der Waals surface area (Å²) in [5, 5.41) is 7.35. The Labute approximate surface area is 100 Å². The molecule has 88 valence electrons. The van der Waals surface area contributed by atoms with Gasteiger partial charge in [-0.25, -0.2) is 4.39 Å². The van der Waals surface area contributed by atoms with Crippen LogP contribution in [-0.4, -0.2) is 18.6 Å². The van der Waals surface area contributed by atoms with Crippen LogP contribution in [0.2, 0.25) is 5.02 Å². The fourth-order valence-electron chi connectivity index (χ4n) is 1.96. The lowest BCUT2D eigenvalue weighted by Gasteiger charge is -2.24. The molecule has 16 heavy (non-hydrogen) atoms. The molecule has 0 radical (unpaired) electrons. The summed E-state index contributed by atoms with van der Waals surface area (Å²) in [6.45, 7) is 4.75. The van der Waals surface area contributed by atoms with Crippen molar-refractivity contribution in [2.24, 2.45) is 0 Å². The van der Waals surface area contributed by atoms with Gasteiger partial charge in [-0.2, -0.15) is 0 Å². The van der Waals surface area contributed by atoms with Gasteiger partial charge in [-0.1, -0.05) is 11.6 Å². The average molecular weight is 243 g/mol. The van der Waals surface area contributed by atoms with Crippen molar-refractivity contribution >= 4 is 11.6 Å². The summed E-state index contributed by atoms with van der Waals surface area (Å²) in [6, 6.07) is 4.47. The zero-order valence-electron chi connectivity index (χ0n) is 9.32. The molecule has 1 aromatic carbocycles. The Balaban J connectivity index is 2.01. The maximum Gasteiger partial charge on any atom is 0.123 e. The lowest BCUT2D eigenvalue weighted by molar-refractivity contribution is 0.385. The van der Waals surface area contributed by atoms with Gasteiger partial charge in [-0.15, -0.1) is 0 Å². The van der Waals surface area contributed by atoms with Crippen molar-refractivity contribution in [1.29, 1.82) is 0 Å². The van der Waals surface area contributed by atoms with Crippen molar-refractivity contribution in [2.45, 2.75) is 25.4 Å². The monoisotopic (exact) mass is 242 g/mol. The highest BCUT2D eigenvalue weighted by Gasteiger charge is 2.27. The lowest BCUT2D eigenvalue weighted by Crippen LogP contribution is -2.43. The fourth-order valence-corrected chi connectivity index (χ4v) is 2.14. The second-order valence-electron chi connectivity index (χ2n) is 4.58. The first-order valence-corrected chi connectivity index (χ1v) is 5.87. The average Bonchev–Trinajstić information content (AvgIpc) is 2.67. The Morgan fingerprint density at radius 1 is 1.56 bits per heavy atom. The van der Waals surface area contributed by atoms with Crippen LogP contribution in [0.3, 0.4) is 0 Å². The van der Waals surface area contributed by atoms with Gasteiger partial charge < -0.3 is 10.6 Å². The van der Waals surface area contributed by atoms with Crippen LogP contribution < -0.4 is 10.6 Å². The van der Waals surface area contributed by atoms with E-state index in [0.717, 1.165) is 25.1 Å². The topological polar surface area (TPSA) is 24.1 Å². The van der Waals surface area contributed by atoms with Crippen LogP contribution in [0.1, 0.15) is 18.9 Å². The largest absolute Gasteiger partial charge is 0.315 e. The van der Waals surface area contributed by atoms with E-state index in [1.165, 1.54) is 12.1 Å². The van der Waals surface area contributed by atoms with Crippen molar-refractivity contribution in [2.75, 3.05) is 13.1 Å². The molecule has 1 aliphatic rings. The van der Waals surface area contributed by atoms with E-state index in [0.29, 0.717) is 11.6 Å². The first-order chi connectivity index (χ1) is 7.59. The van der Waals surface area contributed by atoms with Crippen molar-refractivity contribution in [3.05, 3.63) is 34.6 Å². The molecule has 2 N–H and O–H groups in total. The minimum atomic E-state index is -0.240.